The number of hydrogen-bond donors (Lipinski definition) is 2. The molecule has 0 spiro atoms. The number of carboxylic acid groups (broad SMARTS) is 1. The van der Waals surface area contributed by atoms with E-state index < -0.39 is 12.0 Å². The van der Waals surface area contributed by atoms with E-state index in [1.807, 2.05) is 39.8 Å². The van der Waals surface area contributed by atoms with Gasteiger partial charge in [0.1, 0.15) is 11.8 Å². The van der Waals surface area contributed by atoms with Crippen molar-refractivity contribution in [3.05, 3.63) is 82.7 Å². The van der Waals surface area contributed by atoms with Gasteiger partial charge in [0, 0.05) is 43.6 Å². The fourth-order valence-corrected chi connectivity index (χ4v) is 7.17. The highest BCUT2D eigenvalue weighted by Gasteiger charge is 2.44. The maximum Gasteiger partial charge on any atom is 0.321 e. The molecular formula is C35H48N4O3. The smallest absolute Gasteiger partial charge is 0.321 e. The summed E-state index contributed by atoms with van der Waals surface area (Å²) in [5.74, 6) is 1.40. The molecule has 2 saturated heterocycles. The van der Waals surface area contributed by atoms with E-state index in [-0.39, 0.29) is 5.41 Å². The lowest BCUT2D eigenvalue weighted by atomic mass is 9.85. The van der Waals surface area contributed by atoms with Crippen LogP contribution in [0.2, 0.25) is 0 Å². The van der Waals surface area contributed by atoms with Gasteiger partial charge in [0.05, 0.1) is 12.3 Å². The number of aryl methyl sites for hydroxylation is 1. The summed E-state index contributed by atoms with van der Waals surface area (Å²) >= 11 is 0. The average molecular weight is 573 g/mol. The molecule has 2 aromatic carbocycles. The van der Waals surface area contributed by atoms with Crippen molar-refractivity contribution in [1.29, 1.82) is 0 Å². The Kier molecular flexibility index (Phi) is 9.38. The number of H-pyrrole nitrogens is 1. The number of ether oxygens (including phenoxy) is 1. The van der Waals surface area contributed by atoms with E-state index in [2.05, 4.69) is 64.3 Å². The molecule has 0 amide bonds. The first-order chi connectivity index (χ1) is 20.1. The number of aromatic nitrogens is 2. The number of piperidine rings is 1. The Bertz CT molecular complexity index is 1320. The third-order valence-corrected chi connectivity index (χ3v) is 9.14. The van der Waals surface area contributed by atoms with Gasteiger partial charge in [-0.25, -0.2) is 0 Å². The van der Waals surface area contributed by atoms with Gasteiger partial charge in [0.15, 0.2) is 0 Å². The second-order valence-corrected chi connectivity index (χ2v) is 13.5. The monoisotopic (exact) mass is 572 g/mol. The standard InChI is InChI=1S/C35H48N4O3/c1-6-42-30-12-10-25(11-13-30)19-29-20-32(37-36-29)26-14-16-38(17-15-26)21-28-22-39(33(34(40)41)35(3,4)5)23-31(28)27-9-7-8-24(2)18-27/h7-13,18,20,26,28,31,33H,6,14-17,19,21-23H2,1-5H3,(H,36,37)(H,40,41)/t28-,31+,33-/m0/s1. The fourth-order valence-electron chi connectivity index (χ4n) is 7.17. The van der Waals surface area contributed by atoms with Crippen LogP contribution in [0.25, 0.3) is 0 Å². The zero-order valence-electron chi connectivity index (χ0n) is 26.0. The van der Waals surface area contributed by atoms with Crippen molar-refractivity contribution in [3.8, 4) is 5.75 Å². The van der Waals surface area contributed by atoms with Gasteiger partial charge in [-0.05, 0) is 80.4 Å². The minimum atomic E-state index is -0.715. The second-order valence-electron chi connectivity index (χ2n) is 13.5. The number of hydrogen-bond acceptors (Lipinski definition) is 5. The van der Waals surface area contributed by atoms with E-state index in [1.165, 1.54) is 22.4 Å². The maximum absolute atomic E-state index is 12.4. The number of benzene rings is 2. The minimum Gasteiger partial charge on any atom is -0.494 e. The molecule has 0 saturated carbocycles. The summed E-state index contributed by atoms with van der Waals surface area (Å²) in [7, 11) is 0. The van der Waals surface area contributed by atoms with Crippen molar-refractivity contribution >= 4 is 5.97 Å². The Morgan fingerprint density at radius 2 is 1.83 bits per heavy atom. The van der Waals surface area contributed by atoms with Gasteiger partial charge in [0.25, 0.3) is 0 Å². The lowest BCUT2D eigenvalue weighted by Gasteiger charge is -2.35. The van der Waals surface area contributed by atoms with Crippen LogP contribution < -0.4 is 4.74 Å². The molecule has 226 valence electrons. The summed E-state index contributed by atoms with van der Waals surface area (Å²) in [6.07, 6.45) is 3.03. The Balaban J connectivity index is 1.21. The Morgan fingerprint density at radius 3 is 2.48 bits per heavy atom. The van der Waals surface area contributed by atoms with Crippen LogP contribution in [-0.2, 0) is 11.2 Å². The molecule has 0 aliphatic carbocycles. The number of aromatic amines is 1. The van der Waals surface area contributed by atoms with Gasteiger partial charge in [-0.15, -0.1) is 0 Å². The summed E-state index contributed by atoms with van der Waals surface area (Å²) in [4.78, 5) is 17.2. The van der Waals surface area contributed by atoms with Gasteiger partial charge in [-0.2, -0.15) is 5.10 Å². The van der Waals surface area contributed by atoms with Gasteiger partial charge in [-0.3, -0.25) is 14.8 Å². The number of aliphatic carboxylic acids is 1. The quantitative estimate of drug-likeness (QED) is 0.306. The molecule has 0 bridgehead atoms. The van der Waals surface area contributed by atoms with E-state index in [0.717, 1.165) is 63.4 Å². The molecular weight excluding hydrogens is 524 g/mol. The zero-order valence-corrected chi connectivity index (χ0v) is 26.0. The molecule has 2 aliphatic heterocycles. The lowest BCUT2D eigenvalue weighted by Crippen LogP contribution is -2.48. The average Bonchev–Trinajstić information content (AvgIpc) is 3.57. The van der Waals surface area contributed by atoms with E-state index >= 15 is 0 Å². The number of nitrogens with one attached hydrogen (secondary N) is 1. The van der Waals surface area contributed by atoms with Gasteiger partial charge >= 0.3 is 5.97 Å². The molecule has 7 nitrogen and oxygen atoms in total. The van der Waals surface area contributed by atoms with E-state index in [9.17, 15) is 9.90 Å². The third kappa shape index (κ3) is 7.24. The van der Waals surface area contributed by atoms with Crippen molar-refractivity contribution < 1.29 is 14.6 Å². The molecule has 0 radical (unpaired) electrons. The largest absolute Gasteiger partial charge is 0.494 e. The van der Waals surface area contributed by atoms with Gasteiger partial charge in [0.2, 0.25) is 0 Å². The second kappa shape index (κ2) is 13.0. The first-order valence-electron chi connectivity index (χ1n) is 15.6. The summed E-state index contributed by atoms with van der Waals surface area (Å²) in [5.41, 5.74) is 5.84. The third-order valence-electron chi connectivity index (χ3n) is 9.14. The van der Waals surface area contributed by atoms with Crippen molar-refractivity contribution in [3.63, 3.8) is 0 Å². The normalized spacial score (nSPS) is 21.5. The van der Waals surface area contributed by atoms with Crippen LogP contribution in [0.3, 0.4) is 0 Å². The number of likely N-dealkylation sites (tertiary alicyclic amines) is 2. The molecule has 3 atom stereocenters. The van der Waals surface area contributed by atoms with Crippen molar-refractivity contribution in [2.24, 2.45) is 11.3 Å². The predicted molar refractivity (Wildman–Crippen MR) is 167 cm³/mol. The molecule has 5 rings (SSSR count). The highest BCUT2D eigenvalue weighted by molar-refractivity contribution is 5.74. The van der Waals surface area contributed by atoms with Crippen LogP contribution >= 0.6 is 0 Å². The molecule has 2 N–H and O–H groups in total. The fraction of sp³-hybridized carbons (Fsp3) is 0.543. The molecule has 0 unspecified atom stereocenters. The van der Waals surface area contributed by atoms with Crippen LogP contribution in [0.1, 0.15) is 80.5 Å². The SMILES string of the molecule is CCOc1ccc(Cc2cc(C3CCN(C[C@H]4CN([C@@H](C(=O)O)C(C)(C)C)C[C@@H]4c4cccc(C)c4)CC3)n[nH]2)cc1. The van der Waals surface area contributed by atoms with Crippen LogP contribution in [0.15, 0.2) is 54.6 Å². The van der Waals surface area contributed by atoms with Crippen LogP contribution in [-0.4, -0.2) is 76.4 Å². The Labute approximate surface area is 251 Å². The Hall–Kier alpha value is -3.16. The molecule has 7 heteroatoms. The van der Waals surface area contributed by atoms with Crippen LogP contribution in [0.4, 0.5) is 0 Å². The summed E-state index contributed by atoms with van der Waals surface area (Å²) < 4.78 is 5.57. The summed E-state index contributed by atoms with van der Waals surface area (Å²) in [5, 5.41) is 18.2. The summed E-state index contributed by atoms with van der Waals surface area (Å²) in [6, 6.07) is 18.9. The first-order valence-corrected chi connectivity index (χ1v) is 15.6. The van der Waals surface area contributed by atoms with E-state index in [0.29, 0.717) is 24.4 Å². The first kappa shape index (κ1) is 30.3. The van der Waals surface area contributed by atoms with Crippen LogP contribution in [0.5, 0.6) is 5.75 Å². The van der Waals surface area contributed by atoms with Crippen molar-refractivity contribution in [2.45, 2.75) is 71.8 Å². The molecule has 1 aromatic heterocycles. The molecule has 42 heavy (non-hydrogen) atoms. The number of rotatable bonds is 10. The maximum atomic E-state index is 12.4. The highest BCUT2D eigenvalue weighted by Crippen LogP contribution is 2.39. The van der Waals surface area contributed by atoms with Crippen LogP contribution in [0, 0.1) is 18.3 Å². The van der Waals surface area contributed by atoms with Crippen molar-refractivity contribution in [2.75, 3.05) is 39.3 Å². The molecule has 2 fully saturated rings. The van der Waals surface area contributed by atoms with Gasteiger partial charge in [-0.1, -0.05) is 62.7 Å². The summed E-state index contributed by atoms with van der Waals surface area (Å²) in [6.45, 7) is 15.7. The zero-order chi connectivity index (χ0) is 29.9. The van der Waals surface area contributed by atoms with E-state index in [4.69, 9.17) is 9.84 Å². The molecule has 3 heterocycles. The molecule has 3 aromatic rings. The Morgan fingerprint density at radius 1 is 1.10 bits per heavy atom. The highest BCUT2D eigenvalue weighted by atomic mass is 16.5. The van der Waals surface area contributed by atoms with E-state index in [1.54, 1.807) is 0 Å². The predicted octanol–water partition coefficient (Wildman–Crippen LogP) is 6.10. The van der Waals surface area contributed by atoms with Gasteiger partial charge < -0.3 is 14.7 Å². The van der Waals surface area contributed by atoms with Crippen molar-refractivity contribution in [1.82, 2.24) is 20.0 Å². The molecule has 2 aliphatic rings. The number of nitrogens with zero attached hydrogens (tertiary/aromatic N) is 3. The lowest BCUT2D eigenvalue weighted by molar-refractivity contribution is -0.147. The number of carboxylic acids is 1. The number of carbonyl (C=O) groups is 1. The topological polar surface area (TPSA) is 81.7 Å². The minimum absolute atomic E-state index is 0.328.